The van der Waals surface area contributed by atoms with Gasteiger partial charge in [0, 0.05) is 6.42 Å². The number of hydrogen-bond acceptors (Lipinski definition) is 9. The Morgan fingerprint density at radius 1 is 0.709 bits per heavy atom. The number of carbonyl (C=O) groups is 1. The molecule has 1 amide bonds. The predicted molar refractivity (Wildman–Crippen MR) is 223 cm³/mol. The van der Waals surface area contributed by atoms with Crippen LogP contribution in [-0.2, 0) is 18.4 Å². The van der Waals surface area contributed by atoms with E-state index in [0.717, 1.165) is 32.1 Å². The minimum atomic E-state index is -4.66. The maximum absolute atomic E-state index is 12.9. The monoisotopic (exact) mass is 799 g/mol. The molecule has 1 unspecified atom stereocenters. The van der Waals surface area contributed by atoms with E-state index < -0.39 is 50.8 Å². The summed E-state index contributed by atoms with van der Waals surface area (Å²) >= 11 is 0. The average Bonchev–Trinajstić information content (AvgIpc) is 3.12. The summed E-state index contributed by atoms with van der Waals surface area (Å²) < 4.78 is 23.1. The van der Waals surface area contributed by atoms with Gasteiger partial charge in [0.1, 0.15) is 13.2 Å². The van der Waals surface area contributed by atoms with E-state index in [-0.39, 0.29) is 25.9 Å². The maximum atomic E-state index is 12.9. The Labute approximate surface area is 334 Å². The van der Waals surface area contributed by atoms with Crippen LogP contribution < -0.4 is 10.2 Å². The molecule has 0 aromatic heterocycles. The highest BCUT2D eigenvalue weighted by Gasteiger charge is 2.24. The molecule has 0 rings (SSSR count). The molecular formula is C43H79N2O9P. The molecule has 0 aliphatic heterocycles. The fourth-order valence-corrected chi connectivity index (χ4v) is 6.34. The van der Waals surface area contributed by atoms with Gasteiger partial charge >= 0.3 is 0 Å². The second-order valence-corrected chi connectivity index (χ2v) is 16.9. The van der Waals surface area contributed by atoms with Crippen LogP contribution in [0.5, 0.6) is 0 Å². The Kier molecular flexibility index (Phi) is 33.0. The molecule has 0 aliphatic rings. The second-order valence-electron chi connectivity index (χ2n) is 15.5. The summed E-state index contributed by atoms with van der Waals surface area (Å²) in [4.78, 5) is 25.3. The highest BCUT2D eigenvalue weighted by molar-refractivity contribution is 7.45. The SMILES string of the molecule is CC/C=C\C[C@H](O)/C=C/C=C/C=C\C=C/[C@@H](O)[C@H](O)CCCC(=O)N[C@@H](COP(=O)([O-])OCC[N+](C)(C)C)[C@H](O)CCCCCCCCCCCCCCC. The first-order chi connectivity index (χ1) is 26.2. The van der Waals surface area contributed by atoms with Crippen LogP contribution in [0.3, 0.4) is 0 Å². The second kappa shape index (κ2) is 34.1. The van der Waals surface area contributed by atoms with Gasteiger partial charge in [0.25, 0.3) is 7.82 Å². The Morgan fingerprint density at radius 3 is 1.80 bits per heavy atom. The minimum absolute atomic E-state index is 0.00624. The van der Waals surface area contributed by atoms with Gasteiger partial charge in [0.05, 0.1) is 58.2 Å². The summed E-state index contributed by atoms with van der Waals surface area (Å²) in [6.45, 7) is 4.21. The lowest BCUT2D eigenvalue weighted by Gasteiger charge is -2.30. The van der Waals surface area contributed by atoms with Crippen molar-refractivity contribution >= 4 is 13.7 Å². The zero-order valence-corrected chi connectivity index (χ0v) is 35.8. The van der Waals surface area contributed by atoms with Crippen molar-refractivity contribution in [2.45, 2.75) is 166 Å². The lowest BCUT2D eigenvalue weighted by Crippen LogP contribution is -2.46. The molecule has 320 valence electrons. The quantitative estimate of drug-likeness (QED) is 0.0143. The number of amides is 1. The number of phosphoric ester groups is 1. The number of phosphoric acid groups is 1. The van der Waals surface area contributed by atoms with Crippen LogP contribution in [0.2, 0.25) is 0 Å². The first kappa shape index (κ1) is 53.1. The van der Waals surface area contributed by atoms with Crippen molar-refractivity contribution in [3.63, 3.8) is 0 Å². The number of allylic oxidation sites excluding steroid dienone is 7. The van der Waals surface area contributed by atoms with Crippen molar-refractivity contribution in [2.24, 2.45) is 0 Å². The Bertz CT molecular complexity index is 1140. The molecule has 12 heteroatoms. The van der Waals surface area contributed by atoms with Gasteiger partial charge in [-0.1, -0.05) is 158 Å². The van der Waals surface area contributed by atoms with Gasteiger partial charge in [-0.3, -0.25) is 9.36 Å². The highest BCUT2D eigenvalue weighted by Crippen LogP contribution is 2.38. The number of rotatable bonds is 36. The summed E-state index contributed by atoms with van der Waals surface area (Å²) in [5.41, 5.74) is 0. The third kappa shape index (κ3) is 35.0. The number of carbonyl (C=O) groups excluding carboxylic acids is 1. The first-order valence-corrected chi connectivity index (χ1v) is 22.4. The number of nitrogens with one attached hydrogen (secondary N) is 1. The van der Waals surface area contributed by atoms with Gasteiger partial charge in [0.15, 0.2) is 0 Å². The van der Waals surface area contributed by atoms with E-state index in [1.807, 2.05) is 40.2 Å². The van der Waals surface area contributed by atoms with Gasteiger partial charge < -0.3 is 44.2 Å². The molecule has 0 saturated heterocycles. The smallest absolute Gasteiger partial charge is 0.268 e. The Hall–Kier alpha value is -1.92. The summed E-state index contributed by atoms with van der Waals surface area (Å²) in [5, 5.41) is 44.3. The lowest BCUT2D eigenvalue weighted by atomic mass is 10.0. The standard InChI is InChI=1S/C43H79N2O9P/c1-6-8-10-11-12-13-14-15-16-17-18-22-26-31-40(47)39(37-54-55(51,52)53-36-35-45(3,4)5)44-43(50)34-28-33-42(49)41(48)32-27-23-20-19-21-25-30-38(46)29-24-9-7-2/h9,19-21,23-25,27,30,32,38-42,46-49H,6-8,10-18,22,26,28-29,31,33-37H2,1-5H3,(H-,44,50,51,52)/b21-19+,23-20-,24-9-,30-25+,32-27-/t38-,39-,40+,41+,42+/m0/s1. The molecule has 55 heavy (non-hydrogen) atoms. The van der Waals surface area contributed by atoms with E-state index in [9.17, 15) is 34.7 Å². The molecule has 0 aromatic carbocycles. The molecule has 0 aliphatic carbocycles. The Balaban J connectivity index is 4.80. The molecule has 0 bridgehead atoms. The van der Waals surface area contributed by atoms with Crippen molar-refractivity contribution in [3.8, 4) is 0 Å². The highest BCUT2D eigenvalue weighted by atomic mass is 31.2. The summed E-state index contributed by atoms with van der Waals surface area (Å²) in [7, 11) is 1.07. The van der Waals surface area contributed by atoms with Gasteiger partial charge in [0.2, 0.25) is 5.91 Å². The van der Waals surface area contributed by atoms with E-state index in [2.05, 4.69) is 12.2 Å². The minimum Gasteiger partial charge on any atom is -0.756 e. The maximum Gasteiger partial charge on any atom is 0.268 e. The van der Waals surface area contributed by atoms with E-state index in [4.69, 9.17) is 9.05 Å². The van der Waals surface area contributed by atoms with Gasteiger partial charge in [-0.05, 0) is 32.1 Å². The van der Waals surface area contributed by atoms with Crippen LogP contribution in [0.1, 0.15) is 136 Å². The first-order valence-electron chi connectivity index (χ1n) is 21.0. The van der Waals surface area contributed by atoms with Crippen molar-refractivity contribution < 1.29 is 48.2 Å². The Morgan fingerprint density at radius 2 is 1.24 bits per heavy atom. The zero-order valence-electron chi connectivity index (χ0n) is 34.9. The number of quaternary nitrogens is 1. The average molecular weight is 799 g/mol. The predicted octanol–water partition coefficient (Wildman–Crippen LogP) is 7.36. The largest absolute Gasteiger partial charge is 0.756 e. The van der Waals surface area contributed by atoms with E-state index >= 15 is 0 Å². The molecule has 0 aromatic rings. The number of aliphatic hydroxyl groups is 4. The fraction of sp³-hybridized carbons (Fsp3) is 0.744. The van der Waals surface area contributed by atoms with Crippen LogP contribution in [0, 0.1) is 0 Å². The van der Waals surface area contributed by atoms with Crippen molar-refractivity contribution in [1.82, 2.24) is 5.32 Å². The van der Waals surface area contributed by atoms with E-state index in [1.54, 1.807) is 42.5 Å². The van der Waals surface area contributed by atoms with Crippen LogP contribution in [0.4, 0.5) is 0 Å². The molecule has 6 atom stereocenters. The topological polar surface area (TPSA) is 169 Å². The normalized spacial score (nSPS) is 16.8. The van der Waals surface area contributed by atoms with Gasteiger partial charge in [-0.15, -0.1) is 0 Å². The van der Waals surface area contributed by atoms with Crippen LogP contribution in [-0.4, -0.2) is 102 Å². The third-order valence-electron chi connectivity index (χ3n) is 9.11. The number of aliphatic hydroxyl groups excluding tert-OH is 4. The molecule has 0 saturated carbocycles. The zero-order chi connectivity index (χ0) is 41.2. The van der Waals surface area contributed by atoms with Crippen LogP contribution >= 0.6 is 7.82 Å². The third-order valence-corrected chi connectivity index (χ3v) is 10.1. The summed E-state index contributed by atoms with van der Waals surface area (Å²) in [6, 6.07) is -0.961. The van der Waals surface area contributed by atoms with Gasteiger partial charge in [-0.2, -0.15) is 0 Å². The fourth-order valence-electron chi connectivity index (χ4n) is 5.61. The number of likely N-dealkylation sites (N-methyl/N-ethyl adjacent to an activating group) is 1. The van der Waals surface area contributed by atoms with Crippen LogP contribution in [0.25, 0.3) is 0 Å². The molecule has 0 radical (unpaired) electrons. The molecule has 0 heterocycles. The number of hydrogen-bond donors (Lipinski definition) is 5. The van der Waals surface area contributed by atoms with E-state index in [0.29, 0.717) is 23.9 Å². The van der Waals surface area contributed by atoms with Gasteiger partial charge in [-0.25, -0.2) is 0 Å². The summed E-state index contributed by atoms with van der Waals surface area (Å²) in [5.74, 6) is -0.421. The van der Waals surface area contributed by atoms with Crippen molar-refractivity contribution in [2.75, 3.05) is 40.9 Å². The summed E-state index contributed by atoms with van der Waals surface area (Å²) in [6.07, 6.45) is 31.6. The molecule has 0 spiro atoms. The van der Waals surface area contributed by atoms with Crippen molar-refractivity contribution in [3.05, 3.63) is 60.8 Å². The molecular weight excluding hydrogens is 719 g/mol. The molecule has 0 fully saturated rings. The van der Waals surface area contributed by atoms with Crippen LogP contribution in [0.15, 0.2) is 60.8 Å². The number of unbranched alkanes of at least 4 members (excludes halogenated alkanes) is 12. The number of nitrogens with zero attached hydrogens (tertiary/aromatic N) is 1. The molecule has 11 nitrogen and oxygen atoms in total. The lowest BCUT2D eigenvalue weighted by molar-refractivity contribution is -0.870. The van der Waals surface area contributed by atoms with Crippen molar-refractivity contribution in [1.29, 1.82) is 0 Å². The molecule has 5 N–H and O–H groups in total. The van der Waals surface area contributed by atoms with E-state index in [1.165, 1.54) is 63.9 Å².